The maximum atomic E-state index is 12.1. The summed E-state index contributed by atoms with van der Waals surface area (Å²) in [7, 11) is 0. The van der Waals surface area contributed by atoms with Crippen LogP contribution in [0.4, 0.5) is 0 Å². The predicted octanol–water partition coefficient (Wildman–Crippen LogP) is 3.54. The Labute approximate surface area is 157 Å². The summed E-state index contributed by atoms with van der Waals surface area (Å²) in [6.07, 6.45) is 5.40. The van der Waals surface area contributed by atoms with Crippen molar-refractivity contribution in [3.05, 3.63) is 57.0 Å². The molecule has 0 radical (unpaired) electrons. The maximum absolute atomic E-state index is 12.1. The minimum atomic E-state index is -0.154. The molecule has 26 heavy (non-hydrogen) atoms. The molecule has 2 N–H and O–H groups in total. The summed E-state index contributed by atoms with van der Waals surface area (Å²) in [5, 5.41) is 6.92. The van der Waals surface area contributed by atoms with Crippen LogP contribution in [-0.2, 0) is 4.79 Å². The Morgan fingerprint density at radius 2 is 1.92 bits per heavy atom. The molecule has 0 spiro atoms. The quantitative estimate of drug-likeness (QED) is 0.765. The summed E-state index contributed by atoms with van der Waals surface area (Å²) in [5.74, 6) is -0.191. The highest BCUT2D eigenvalue weighted by Crippen LogP contribution is 2.24. The summed E-state index contributed by atoms with van der Waals surface area (Å²) in [4.78, 5) is 29.6. The van der Waals surface area contributed by atoms with E-state index in [4.69, 9.17) is 0 Å². The molecule has 3 rings (SSSR count). The Morgan fingerprint density at radius 1 is 1.23 bits per heavy atom. The number of hydrogen-bond acceptors (Lipinski definition) is 4. The van der Waals surface area contributed by atoms with E-state index >= 15 is 0 Å². The van der Waals surface area contributed by atoms with E-state index in [1.54, 1.807) is 29.5 Å². The summed E-state index contributed by atoms with van der Waals surface area (Å²) in [6.45, 7) is 5.88. The minimum Gasteiger partial charge on any atom is -0.349 e. The second kappa shape index (κ2) is 7.83. The molecule has 0 bridgehead atoms. The van der Waals surface area contributed by atoms with E-state index in [0.717, 1.165) is 34.0 Å². The fraction of sp³-hybridized carbons (Fsp3) is 0.350. The van der Waals surface area contributed by atoms with Crippen LogP contribution in [0.15, 0.2) is 30.3 Å². The molecule has 136 valence electrons. The van der Waals surface area contributed by atoms with Crippen LogP contribution in [0.1, 0.15) is 57.3 Å². The van der Waals surface area contributed by atoms with Gasteiger partial charge in [0, 0.05) is 22.6 Å². The third kappa shape index (κ3) is 4.79. The van der Waals surface area contributed by atoms with Crippen molar-refractivity contribution >= 4 is 29.2 Å². The lowest BCUT2D eigenvalue weighted by atomic mass is 10.1. The number of aromatic nitrogens is 1. The third-order valence-corrected chi connectivity index (χ3v) is 5.46. The predicted molar refractivity (Wildman–Crippen MR) is 104 cm³/mol. The van der Waals surface area contributed by atoms with Gasteiger partial charge in [-0.15, -0.1) is 11.3 Å². The zero-order valence-corrected chi connectivity index (χ0v) is 16.0. The van der Waals surface area contributed by atoms with Gasteiger partial charge in [0.2, 0.25) is 5.91 Å². The average Bonchev–Trinajstić information content (AvgIpc) is 3.35. The molecule has 2 amide bonds. The molecule has 1 atom stereocenters. The van der Waals surface area contributed by atoms with E-state index < -0.39 is 0 Å². The summed E-state index contributed by atoms with van der Waals surface area (Å²) >= 11 is 1.60. The van der Waals surface area contributed by atoms with E-state index in [9.17, 15) is 9.59 Å². The lowest BCUT2D eigenvalue weighted by Gasteiger charge is -2.11. The molecule has 0 saturated heterocycles. The van der Waals surface area contributed by atoms with E-state index in [0.29, 0.717) is 11.6 Å². The van der Waals surface area contributed by atoms with Gasteiger partial charge in [-0.3, -0.25) is 9.59 Å². The third-order valence-electron chi connectivity index (χ3n) is 4.20. The van der Waals surface area contributed by atoms with Crippen molar-refractivity contribution in [1.82, 2.24) is 15.6 Å². The first-order valence-corrected chi connectivity index (χ1v) is 9.57. The van der Waals surface area contributed by atoms with Crippen LogP contribution < -0.4 is 10.6 Å². The first kappa shape index (κ1) is 18.3. The number of carbonyl (C=O) groups excluding carboxylic acids is 2. The Hall–Kier alpha value is -2.47. The van der Waals surface area contributed by atoms with Crippen molar-refractivity contribution in [3.63, 3.8) is 0 Å². The number of rotatable bonds is 6. The average molecular weight is 369 g/mol. The molecule has 1 fully saturated rings. The van der Waals surface area contributed by atoms with E-state index in [1.807, 2.05) is 32.9 Å². The number of amides is 2. The molecule has 6 heteroatoms. The summed E-state index contributed by atoms with van der Waals surface area (Å²) < 4.78 is 0. The maximum Gasteiger partial charge on any atom is 0.251 e. The lowest BCUT2D eigenvalue weighted by Crippen LogP contribution is -2.25. The van der Waals surface area contributed by atoms with Gasteiger partial charge in [-0.2, -0.15) is 0 Å². The molecular formula is C20H23N3O2S. The van der Waals surface area contributed by atoms with Crippen molar-refractivity contribution in [2.75, 3.05) is 0 Å². The zero-order chi connectivity index (χ0) is 18.7. The van der Waals surface area contributed by atoms with Gasteiger partial charge >= 0.3 is 0 Å². The molecule has 1 unspecified atom stereocenters. The van der Waals surface area contributed by atoms with Crippen LogP contribution >= 0.6 is 11.3 Å². The topological polar surface area (TPSA) is 71.1 Å². The Kier molecular flexibility index (Phi) is 5.52. The van der Waals surface area contributed by atoms with Gasteiger partial charge in [0.15, 0.2) is 0 Å². The molecule has 1 heterocycles. The number of thiazole rings is 1. The van der Waals surface area contributed by atoms with E-state index in [2.05, 4.69) is 15.6 Å². The van der Waals surface area contributed by atoms with Crippen molar-refractivity contribution in [2.24, 2.45) is 0 Å². The normalized spacial score (nSPS) is 15.0. The molecular weight excluding hydrogens is 346 g/mol. The minimum absolute atomic E-state index is 0.0372. The second-order valence-corrected chi connectivity index (χ2v) is 7.85. The van der Waals surface area contributed by atoms with Crippen molar-refractivity contribution < 1.29 is 9.59 Å². The second-order valence-electron chi connectivity index (χ2n) is 6.62. The Morgan fingerprint density at radius 3 is 2.50 bits per heavy atom. The number of benzene rings is 1. The highest BCUT2D eigenvalue weighted by Gasteiger charge is 2.23. The van der Waals surface area contributed by atoms with Crippen molar-refractivity contribution in [2.45, 2.75) is 45.7 Å². The number of nitrogens with zero attached hydrogens (tertiary/aromatic N) is 1. The Bertz CT molecular complexity index is 835. The van der Waals surface area contributed by atoms with Crippen LogP contribution in [0.5, 0.6) is 0 Å². The van der Waals surface area contributed by atoms with E-state index in [-0.39, 0.29) is 17.9 Å². The standard InChI is InChI=1S/C20H23N3O2S/c1-12-19(26-14(3)21-12)13(2)22-18(24)11-6-15-4-7-16(8-5-15)20(25)23-17-9-10-17/h4-8,11,13,17H,9-10H2,1-3H3,(H,22,24)(H,23,25)/b11-6+. The monoisotopic (exact) mass is 369 g/mol. The summed E-state index contributed by atoms with van der Waals surface area (Å²) in [5.41, 5.74) is 2.48. The molecule has 1 aromatic heterocycles. The van der Waals surface area contributed by atoms with Gasteiger partial charge in [0.25, 0.3) is 5.91 Å². The number of nitrogens with one attached hydrogen (secondary N) is 2. The van der Waals surface area contributed by atoms with Crippen LogP contribution in [0, 0.1) is 13.8 Å². The SMILES string of the molecule is Cc1nc(C)c(C(C)NC(=O)/C=C/c2ccc(C(=O)NC3CC3)cc2)s1. The highest BCUT2D eigenvalue weighted by atomic mass is 32.1. The fourth-order valence-electron chi connectivity index (χ4n) is 2.69. The largest absolute Gasteiger partial charge is 0.349 e. The van der Waals surface area contributed by atoms with Gasteiger partial charge in [-0.25, -0.2) is 4.98 Å². The highest BCUT2D eigenvalue weighted by molar-refractivity contribution is 7.11. The fourth-order valence-corrected chi connectivity index (χ4v) is 3.62. The number of aryl methyl sites for hydroxylation is 2. The Balaban J connectivity index is 1.55. The summed E-state index contributed by atoms with van der Waals surface area (Å²) in [6, 6.07) is 7.51. The van der Waals surface area contributed by atoms with Crippen LogP contribution in [-0.4, -0.2) is 22.8 Å². The molecule has 1 aliphatic rings. The van der Waals surface area contributed by atoms with Crippen molar-refractivity contribution in [3.8, 4) is 0 Å². The number of carbonyl (C=O) groups is 2. The molecule has 1 aliphatic carbocycles. The first-order valence-electron chi connectivity index (χ1n) is 8.76. The van der Waals surface area contributed by atoms with Gasteiger partial charge in [0.05, 0.1) is 16.7 Å². The van der Waals surface area contributed by atoms with Gasteiger partial charge in [-0.1, -0.05) is 12.1 Å². The van der Waals surface area contributed by atoms with Crippen molar-refractivity contribution in [1.29, 1.82) is 0 Å². The smallest absolute Gasteiger partial charge is 0.251 e. The van der Waals surface area contributed by atoms with Crippen LogP contribution in [0.3, 0.4) is 0 Å². The molecule has 1 saturated carbocycles. The van der Waals surface area contributed by atoms with Gasteiger partial charge in [-0.05, 0) is 57.4 Å². The van der Waals surface area contributed by atoms with Crippen LogP contribution in [0.25, 0.3) is 6.08 Å². The molecule has 5 nitrogen and oxygen atoms in total. The zero-order valence-electron chi connectivity index (χ0n) is 15.2. The molecule has 2 aromatic rings. The van der Waals surface area contributed by atoms with Gasteiger partial charge in [0.1, 0.15) is 0 Å². The lowest BCUT2D eigenvalue weighted by molar-refractivity contribution is -0.117. The number of hydrogen-bond donors (Lipinski definition) is 2. The van der Waals surface area contributed by atoms with Gasteiger partial charge < -0.3 is 10.6 Å². The van der Waals surface area contributed by atoms with Crippen LogP contribution in [0.2, 0.25) is 0 Å². The molecule has 1 aromatic carbocycles. The van der Waals surface area contributed by atoms with E-state index in [1.165, 1.54) is 6.08 Å². The molecule has 0 aliphatic heterocycles. The first-order chi connectivity index (χ1) is 12.4.